The van der Waals surface area contributed by atoms with Crippen LogP contribution in [0.25, 0.3) is 10.9 Å². The highest BCUT2D eigenvalue weighted by Gasteiger charge is 2.38. The Bertz CT molecular complexity index is 983. The SMILES string of the molecule is CN(C(=O)c1cn(C[C@@H]2CCN2C(=O)O)c2cccc(Cl)c12)C1CCC(F)(F)CC1. The number of alkyl halides is 2. The van der Waals surface area contributed by atoms with Crippen LogP contribution in [0.2, 0.25) is 5.02 Å². The quantitative estimate of drug-likeness (QED) is 0.751. The maximum Gasteiger partial charge on any atom is 0.407 e. The third kappa shape index (κ3) is 3.73. The molecule has 1 atom stereocenters. The molecule has 1 saturated carbocycles. The molecule has 1 aromatic carbocycles. The molecule has 30 heavy (non-hydrogen) atoms. The van der Waals surface area contributed by atoms with Crippen LogP contribution in [-0.4, -0.2) is 63.1 Å². The van der Waals surface area contributed by atoms with Crippen LogP contribution < -0.4 is 0 Å². The topological polar surface area (TPSA) is 65.8 Å². The number of halogens is 3. The summed E-state index contributed by atoms with van der Waals surface area (Å²) in [6.45, 7) is 0.927. The van der Waals surface area contributed by atoms with E-state index in [-0.39, 0.29) is 43.7 Å². The first kappa shape index (κ1) is 20.9. The molecule has 162 valence electrons. The summed E-state index contributed by atoms with van der Waals surface area (Å²) in [4.78, 5) is 27.5. The van der Waals surface area contributed by atoms with Gasteiger partial charge in [-0.05, 0) is 31.4 Å². The number of rotatable bonds is 4. The largest absolute Gasteiger partial charge is 0.465 e. The van der Waals surface area contributed by atoms with Gasteiger partial charge >= 0.3 is 6.09 Å². The number of carbonyl (C=O) groups excluding carboxylic acids is 1. The zero-order chi connectivity index (χ0) is 21.6. The van der Waals surface area contributed by atoms with E-state index in [0.29, 0.717) is 29.1 Å². The van der Waals surface area contributed by atoms with E-state index in [9.17, 15) is 23.5 Å². The van der Waals surface area contributed by atoms with E-state index in [1.54, 1.807) is 30.3 Å². The molecular weight excluding hydrogens is 416 g/mol. The number of carboxylic acid groups (broad SMARTS) is 1. The average molecular weight is 440 g/mol. The molecule has 2 aliphatic rings. The Morgan fingerprint density at radius 1 is 1.27 bits per heavy atom. The summed E-state index contributed by atoms with van der Waals surface area (Å²) in [5.74, 6) is -2.91. The zero-order valence-electron chi connectivity index (χ0n) is 16.7. The van der Waals surface area contributed by atoms with Crippen molar-refractivity contribution in [2.75, 3.05) is 13.6 Å². The molecule has 1 aromatic heterocycles. The number of likely N-dealkylation sites (tertiary alicyclic amines) is 1. The number of amides is 2. The van der Waals surface area contributed by atoms with Crippen LogP contribution >= 0.6 is 11.6 Å². The first-order chi connectivity index (χ1) is 14.2. The van der Waals surface area contributed by atoms with Crippen molar-refractivity contribution < 1.29 is 23.5 Å². The summed E-state index contributed by atoms with van der Waals surface area (Å²) in [6.07, 6.45) is 1.60. The van der Waals surface area contributed by atoms with Crippen LogP contribution in [0.15, 0.2) is 24.4 Å². The van der Waals surface area contributed by atoms with Crippen LogP contribution in [0.5, 0.6) is 0 Å². The van der Waals surface area contributed by atoms with Crippen LogP contribution in [0.4, 0.5) is 13.6 Å². The van der Waals surface area contributed by atoms with E-state index < -0.39 is 12.0 Å². The fourth-order valence-electron chi connectivity index (χ4n) is 4.50. The highest BCUT2D eigenvalue weighted by Crippen LogP contribution is 2.36. The van der Waals surface area contributed by atoms with Crippen molar-refractivity contribution in [3.05, 3.63) is 35.0 Å². The molecule has 2 aromatic rings. The second kappa shape index (κ2) is 7.72. The van der Waals surface area contributed by atoms with Gasteiger partial charge < -0.3 is 19.5 Å². The van der Waals surface area contributed by atoms with Gasteiger partial charge in [0.1, 0.15) is 0 Å². The van der Waals surface area contributed by atoms with Crippen LogP contribution in [-0.2, 0) is 6.54 Å². The zero-order valence-corrected chi connectivity index (χ0v) is 17.4. The Labute approximate surface area is 178 Å². The van der Waals surface area contributed by atoms with Crippen molar-refractivity contribution in [3.63, 3.8) is 0 Å². The van der Waals surface area contributed by atoms with Gasteiger partial charge in [0.05, 0.1) is 22.1 Å². The Balaban J connectivity index is 1.62. The van der Waals surface area contributed by atoms with E-state index in [0.717, 1.165) is 11.9 Å². The van der Waals surface area contributed by atoms with Gasteiger partial charge in [-0.25, -0.2) is 13.6 Å². The number of carbonyl (C=O) groups is 2. The summed E-state index contributed by atoms with van der Waals surface area (Å²) >= 11 is 6.42. The summed E-state index contributed by atoms with van der Waals surface area (Å²) in [7, 11) is 1.65. The molecule has 9 heteroatoms. The van der Waals surface area contributed by atoms with E-state index >= 15 is 0 Å². The molecule has 2 fully saturated rings. The second-order valence-electron chi connectivity index (χ2n) is 8.25. The lowest BCUT2D eigenvalue weighted by atomic mass is 9.91. The Morgan fingerprint density at radius 2 is 1.97 bits per heavy atom. The predicted octanol–water partition coefficient (Wildman–Crippen LogP) is 4.70. The molecule has 6 nitrogen and oxygen atoms in total. The van der Waals surface area contributed by atoms with Crippen molar-refractivity contribution in [1.82, 2.24) is 14.4 Å². The van der Waals surface area contributed by atoms with Gasteiger partial charge in [0, 0.05) is 50.6 Å². The standard InChI is InChI=1S/C21H24ClF2N3O3/c1-25(13-5-8-21(23,24)9-6-13)19(28)15-12-26(11-14-7-10-27(14)20(29)30)17-4-2-3-16(22)18(15)17/h2-4,12-14H,5-11H2,1H3,(H,29,30)/t14-/m0/s1. The molecule has 2 amide bonds. The Hall–Kier alpha value is -2.35. The molecule has 1 N–H and O–H groups in total. The van der Waals surface area contributed by atoms with Crippen LogP contribution in [0.1, 0.15) is 42.5 Å². The van der Waals surface area contributed by atoms with Gasteiger partial charge in [-0.3, -0.25) is 4.79 Å². The normalized spacial score (nSPS) is 21.5. The maximum absolute atomic E-state index is 13.5. The third-order valence-corrected chi connectivity index (χ3v) is 6.75. The lowest BCUT2D eigenvalue weighted by Crippen LogP contribution is -2.52. The lowest BCUT2D eigenvalue weighted by molar-refractivity contribution is -0.0490. The van der Waals surface area contributed by atoms with Gasteiger partial charge in [0.2, 0.25) is 5.92 Å². The molecule has 1 aliphatic heterocycles. The monoisotopic (exact) mass is 439 g/mol. The van der Waals surface area contributed by atoms with E-state index in [1.165, 1.54) is 4.90 Å². The fourth-order valence-corrected chi connectivity index (χ4v) is 4.77. The number of fused-ring (bicyclic) bond motifs is 1. The van der Waals surface area contributed by atoms with Gasteiger partial charge in [0.25, 0.3) is 5.91 Å². The van der Waals surface area contributed by atoms with Gasteiger partial charge in [-0.2, -0.15) is 0 Å². The number of hydrogen-bond acceptors (Lipinski definition) is 2. The van der Waals surface area contributed by atoms with E-state index in [2.05, 4.69) is 0 Å². The average Bonchev–Trinajstić information content (AvgIpc) is 3.03. The van der Waals surface area contributed by atoms with Crippen molar-refractivity contribution >= 4 is 34.5 Å². The second-order valence-corrected chi connectivity index (χ2v) is 8.66. The Morgan fingerprint density at radius 3 is 2.57 bits per heavy atom. The minimum absolute atomic E-state index is 0.154. The van der Waals surface area contributed by atoms with E-state index in [1.807, 2.05) is 10.6 Å². The first-order valence-electron chi connectivity index (χ1n) is 10.1. The Kier molecular flexibility index (Phi) is 5.38. The van der Waals surface area contributed by atoms with Gasteiger partial charge in [-0.15, -0.1) is 0 Å². The molecule has 4 rings (SSSR count). The molecule has 0 bridgehead atoms. The highest BCUT2D eigenvalue weighted by atomic mass is 35.5. The lowest BCUT2D eigenvalue weighted by Gasteiger charge is -2.39. The summed E-state index contributed by atoms with van der Waals surface area (Å²) < 4.78 is 28.9. The number of hydrogen-bond donors (Lipinski definition) is 1. The predicted molar refractivity (Wildman–Crippen MR) is 109 cm³/mol. The molecule has 0 unspecified atom stereocenters. The van der Waals surface area contributed by atoms with Crippen molar-refractivity contribution in [2.45, 2.75) is 56.7 Å². The smallest absolute Gasteiger partial charge is 0.407 e. The first-order valence-corrected chi connectivity index (χ1v) is 10.5. The molecule has 1 aliphatic carbocycles. The van der Waals surface area contributed by atoms with Crippen molar-refractivity contribution in [3.8, 4) is 0 Å². The molecule has 2 heterocycles. The molecular formula is C21H24ClF2N3O3. The van der Waals surface area contributed by atoms with Gasteiger partial charge in [0.15, 0.2) is 0 Å². The fraction of sp³-hybridized carbons (Fsp3) is 0.524. The number of aromatic nitrogens is 1. The highest BCUT2D eigenvalue weighted by molar-refractivity contribution is 6.36. The maximum atomic E-state index is 13.5. The number of nitrogens with zero attached hydrogens (tertiary/aromatic N) is 3. The minimum atomic E-state index is -2.65. The summed E-state index contributed by atoms with van der Waals surface area (Å²) in [5.41, 5.74) is 1.17. The summed E-state index contributed by atoms with van der Waals surface area (Å²) in [6, 6.07) is 4.95. The summed E-state index contributed by atoms with van der Waals surface area (Å²) in [5, 5.41) is 10.3. The van der Waals surface area contributed by atoms with Crippen LogP contribution in [0, 0.1) is 0 Å². The van der Waals surface area contributed by atoms with Gasteiger partial charge in [-0.1, -0.05) is 17.7 Å². The molecule has 1 saturated heterocycles. The molecule has 0 radical (unpaired) electrons. The minimum Gasteiger partial charge on any atom is -0.465 e. The number of benzene rings is 1. The van der Waals surface area contributed by atoms with Crippen molar-refractivity contribution in [2.24, 2.45) is 0 Å². The molecule has 0 spiro atoms. The van der Waals surface area contributed by atoms with Crippen molar-refractivity contribution in [1.29, 1.82) is 0 Å². The third-order valence-electron chi connectivity index (χ3n) is 6.44. The van der Waals surface area contributed by atoms with E-state index in [4.69, 9.17) is 11.6 Å². The van der Waals surface area contributed by atoms with Crippen LogP contribution in [0.3, 0.4) is 0 Å².